The molecule has 3 N–H and O–H groups in total. The zero-order valence-electron chi connectivity index (χ0n) is 8.80. The first-order chi connectivity index (χ1) is 7.16. The largest absolute Gasteiger partial charge is 0.394 e. The first kappa shape index (κ1) is 10.2. The summed E-state index contributed by atoms with van der Waals surface area (Å²) < 4.78 is 0. The summed E-state index contributed by atoms with van der Waals surface area (Å²) in [5.41, 5.74) is 6.37. The van der Waals surface area contributed by atoms with Crippen molar-refractivity contribution >= 4 is 11.5 Å². The first-order valence-electron chi connectivity index (χ1n) is 5.11. The number of aliphatic hydroxyl groups is 1. The molecule has 1 heterocycles. The molecule has 1 aromatic heterocycles. The van der Waals surface area contributed by atoms with Gasteiger partial charge in [-0.15, -0.1) is 0 Å². The Bertz CT molecular complexity index is 338. The number of hydrogen-bond donors (Lipinski definition) is 2. The molecule has 2 rings (SSSR count). The Kier molecular flexibility index (Phi) is 2.73. The standard InChI is InChI=1S/C10H16N4O/c1-14(5-7-2-8(15)3-7)10-9(11)4-12-6-13-10/h4,6-8,15H,2-3,5,11H2,1H3. The van der Waals surface area contributed by atoms with E-state index in [-0.39, 0.29) is 6.10 Å². The Labute approximate surface area is 88.9 Å². The normalized spacial score (nSPS) is 24.7. The van der Waals surface area contributed by atoms with Gasteiger partial charge in [0.1, 0.15) is 6.33 Å². The van der Waals surface area contributed by atoms with Gasteiger partial charge in [0.2, 0.25) is 0 Å². The third-order valence-corrected chi connectivity index (χ3v) is 2.82. The van der Waals surface area contributed by atoms with Crippen LogP contribution in [0.4, 0.5) is 11.5 Å². The van der Waals surface area contributed by atoms with Crippen LogP contribution in [0.2, 0.25) is 0 Å². The lowest BCUT2D eigenvalue weighted by Gasteiger charge is -2.34. The Balaban J connectivity index is 1.96. The minimum atomic E-state index is -0.105. The van der Waals surface area contributed by atoms with E-state index in [4.69, 9.17) is 5.73 Å². The van der Waals surface area contributed by atoms with E-state index in [1.54, 1.807) is 6.20 Å². The molecule has 0 aromatic carbocycles. The van der Waals surface area contributed by atoms with Crippen LogP contribution in [0, 0.1) is 5.92 Å². The Morgan fingerprint density at radius 3 is 2.93 bits per heavy atom. The van der Waals surface area contributed by atoms with Gasteiger partial charge in [-0.05, 0) is 18.8 Å². The number of anilines is 2. The van der Waals surface area contributed by atoms with Gasteiger partial charge in [0.25, 0.3) is 0 Å². The van der Waals surface area contributed by atoms with E-state index >= 15 is 0 Å². The maximum Gasteiger partial charge on any atom is 0.154 e. The summed E-state index contributed by atoms with van der Waals surface area (Å²) in [4.78, 5) is 10.0. The van der Waals surface area contributed by atoms with Crippen molar-refractivity contribution < 1.29 is 5.11 Å². The summed E-state index contributed by atoms with van der Waals surface area (Å²) in [7, 11) is 1.96. The smallest absolute Gasteiger partial charge is 0.154 e. The topological polar surface area (TPSA) is 75.3 Å². The van der Waals surface area contributed by atoms with Gasteiger partial charge in [0, 0.05) is 13.6 Å². The predicted octanol–water partition coefficient (Wildman–Crippen LogP) is 0.266. The average molecular weight is 208 g/mol. The third-order valence-electron chi connectivity index (χ3n) is 2.82. The molecular weight excluding hydrogens is 192 g/mol. The fraction of sp³-hybridized carbons (Fsp3) is 0.600. The fourth-order valence-corrected chi connectivity index (χ4v) is 1.98. The number of aromatic nitrogens is 2. The molecule has 82 valence electrons. The van der Waals surface area contributed by atoms with E-state index in [0.717, 1.165) is 25.2 Å². The number of hydrogen-bond acceptors (Lipinski definition) is 5. The van der Waals surface area contributed by atoms with Crippen molar-refractivity contribution in [2.75, 3.05) is 24.2 Å². The third kappa shape index (κ3) is 2.18. The van der Waals surface area contributed by atoms with Crippen LogP contribution in [0.25, 0.3) is 0 Å². The van der Waals surface area contributed by atoms with Crippen LogP contribution in [0.15, 0.2) is 12.5 Å². The maximum atomic E-state index is 9.19. The molecule has 0 spiro atoms. The molecule has 1 fully saturated rings. The molecule has 0 aliphatic heterocycles. The van der Waals surface area contributed by atoms with Gasteiger partial charge in [-0.1, -0.05) is 0 Å². The van der Waals surface area contributed by atoms with Crippen molar-refractivity contribution in [3.05, 3.63) is 12.5 Å². The van der Waals surface area contributed by atoms with Gasteiger partial charge < -0.3 is 15.7 Å². The maximum absolute atomic E-state index is 9.19. The lowest BCUT2D eigenvalue weighted by molar-refractivity contribution is 0.0464. The second-order valence-electron chi connectivity index (χ2n) is 4.17. The Hall–Kier alpha value is -1.36. The number of aliphatic hydroxyl groups excluding tert-OH is 1. The molecule has 0 saturated heterocycles. The van der Waals surface area contributed by atoms with E-state index in [0.29, 0.717) is 11.6 Å². The second-order valence-corrected chi connectivity index (χ2v) is 4.17. The highest BCUT2D eigenvalue weighted by atomic mass is 16.3. The van der Waals surface area contributed by atoms with Crippen molar-refractivity contribution in [2.24, 2.45) is 5.92 Å². The molecule has 0 amide bonds. The van der Waals surface area contributed by atoms with Crippen LogP contribution < -0.4 is 10.6 Å². The molecule has 0 unspecified atom stereocenters. The fourth-order valence-electron chi connectivity index (χ4n) is 1.98. The molecular formula is C10H16N4O. The first-order valence-corrected chi connectivity index (χ1v) is 5.11. The molecule has 0 bridgehead atoms. The highest BCUT2D eigenvalue weighted by Crippen LogP contribution is 2.29. The molecule has 5 heteroatoms. The summed E-state index contributed by atoms with van der Waals surface area (Å²) >= 11 is 0. The van der Waals surface area contributed by atoms with E-state index < -0.39 is 0 Å². The molecule has 1 aliphatic rings. The summed E-state index contributed by atoms with van der Waals surface area (Å²) in [6.45, 7) is 0.887. The van der Waals surface area contributed by atoms with Gasteiger partial charge in [-0.2, -0.15) is 0 Å². The van der Waals surface area contributed by atoms with Gasteiger partial charge >= 0.3 is 0 Å². The second kappa shape index (κ2) is 4.02. The van der Waals surface area contributed by atoms with Gasteiger partial charge in [-0.25, -0.2) is 9.97 Å². The lowest BCUT2D eigenvalue weighted by Crippen LogP contribution is -2.37. The van der Waals surface area contributed by atoms with E-state index in [9.17, 15) is 5.11 Å². The number of nitrogen functional groups attached to an aromatic ring is 1. The highest BCUT2D eigenvalue weighted by Gasteiger charge is 2.28. The average Bonchev–Trinajstić information content (AvgIpc) is 2.16. The van der Waals surface area contributed by atoms with E-state index in [1.807, 2.05) is 11.9 Å². The van der Waals surface area contributed by atoms with Crippen LogP contribution in [0.3, 0.4) is 0 Å². The Morgan fingerprint density at radius 1 is 1.60 bits per heavy atom. The van der Waals surface area contributed by atoms with Crippen molar-refractivity contribution in [2.45, 2.75) is 18.9 Å². The van der Waals surface area contributed by atoms with Gasteiger partial charge in [0.05, 0.1) is 18.0 Å². The minimum Gasteiger partial charge on any atom is -0.394 e. The van der Waals surface area contributed by atoms with E-state index in [2.05, 4.69) is 9.97 Å². The monoisotopic (exact) mass is 208 g/mol. The summed E-state index contributed by atoms with van der Waals surface area (Å²) in [6, 6.07) is 0. The molecule has 1 saturated carbocycles. The van der Waals surface area contributed by atoms with Crippen LogP contribution >= 0.6 is 0 Å². The van der Waals surface area contributed by atoms with Crippen molar-refractivity contribution in [3.8, 4) is 0 Å². The van der Waals surface area contributed by atoms with Crippen LogP contribution in [0.1, 0.15) is 12.8 Å². The van der Waals surface area contributed by atoms with Crippen LogP contribution in [-0.2, 0) is 0 Å². The SMILES string of the molecule is CN(CC1CC(O)C1)c1ncncc1N. The van der Waals surface area contributed by atoms with Crippen molar-refractivity contribution in [1.82, 2.24) is 9.97 Å². The molecule has 15 heavy (non-hydrogen) atoms. The number of rotatable bonds is 3. The quantitative estimate of drug-likeness (QED) is 0.745. The van der Waals surface area contributed by atoms with Crippen molar-refractivity contribution in [3.63, 3.8) is 0 Å². The predicted molar refractivity (Wildman–Crippen MR) is 58.4 cm³/mol. The minimum absolute atomic E-state index is 0.105. The lowest BCUT2D eigenvalue weighted by atomic mass is 9.82. The van der Waals surface area contributed by atoms with E-state index in [1.165, 1.54) is 6.33 Å². The summed E-state index contributed by atoms with van der Waals surface area (Å²) in [5, 5.41) is 9.19. The van der Waals surface area contributed by atoms with Crippen molar-refractivity contribution in [1.29, 1.82) is 0 Å². The molecule has 1 aromatic rings. The molecule has 1 aliphatic carbocycles. The summed E-state index contributed by atoms with van der Waals surface area (Å²) in [5.74, 6) is 1.32. The zero-order valence-corrected chi connectivity index (χ0v) is 8.80. The zero-order chi connectivity index (χ0) is 10.8. The highest BCUT2D eigenvalue weighted by molar-refractivity contribution is 5.60. The summed E-state index contributed by atoms with van der Waals surface area (Å²) in [6.07, 6.45) is 4.77. The number of nitrogens with zero attached hydrogens (tertiary/aromatic N) is 3. The Morgan fingerprint density at radius 2 is 2.33 bits per heavy atom. The van der Waals surface area contributed by atoms with Crippen LogP contribution in [-0.4, -0.2) is 34.8 Å². The number of nitrogens with two attached hydrogens (primary N) is 1. The van der Waals surface area contributed by atoms with Gasteiger partial charge in [0.15, 0.2) is 5.82 Å². The molecule has 0 radical (unpaired) electrons. The molecule has 0 atom stereocenters. The van der Waals surface area contributed by atoms with Gasteiger partial charge in [-0.3, -0.25) is 0 Å². The molecule has 5 nitrogen and oxygen atoms in total. The van der Waals surface area contributed by atoms with Crippen LogP contribution in [0.5, 0.6) is 0 Å².